The van der Waals surface area contributed by atoms with Crippen LogP contribution in [0.25, 0.3) is 0 Å². The van der Waals surface area contributed by atoms with Crippen LogP contribution in [0.2, 0.25) is 0 Å². The average Bonchev–Trinajstić information content (AvgIpc) is 2.98. The first-order chi connectivity index (χ1) is 19.6. The van der Waals surface area contributed by atoms with Crippen molar-refractivity contribution in [1.29, 1.82) is 0 Å². The van der Waals surface area contributed by atoms with E-state index in [2.05, 4.69) is 39.8 Å². The number of rotatable bonds is 23. The van der Waals surface area contributed by atoms with Gasteiger partial charge in [0, 0.05) is 6.61 Å². The molecule has 0 aromatic heterocycles. The van der Waals surface area contributed by atoms with E-state index in [-0.39, 0.29) is 12.1 Å². The zero-order chi connectivity index (χ0) is 28.8. The predicted molar refractivity (Wildman–Crippen MR) is 170 cm³/mol. The molecule has 2 atom stereocenters. The minimum Gasteiger partial charge on any atom is -0.423 e. The topological polar surface area (TPSA) is 35.5 Å². The van der Waals surface area contributed by atoms with E-state index in [1.165, 1.54) is 102 Å². The first-order valence-corrected chi connectivity index (χ1v) is 16.6. The molecule has 0 aliphatic carbocycles. The molecule has 224 valence electrons. The Bertz CT molecular complexity index is 887. The van der Waals surface area contributed by atoms with Crippen molar-refractivity contribution < 1.29 is 14.3 Å². The van der Waals surface area contributed by atoms with Gasteiger partial charge >= 0.3 is 5.97 Å². The summed E-state index contributed by atoms with van der Waals surface area (Å²) in [6.07, 6.45) is 22.6. The second-order valence-corrected chi connectivity index (χ2v) is 11.6. The summed E-state index contributed by atoms with van der Waals surface area (Å²) in [6.45, 7) is 9.60. The van der Waals surface area contributed by atoms with E-state index >= 15 is 0 Å². The molecule has 0 N–H and O–H groups in total. The highest BCUT2D eigenvalue weighted by molar-refractivity contribution is 5.91. The van der Waals surface area contributed by atoms with Gasteiger partial charge in [-0.3, -0.25) is 0 Å². The third kappa shape index (κ3) is 14.0. The molecule has 3 heteroatoms. The Hall–Kier alpha value is -2.13. The monoisotopic (exact) mass is 550 g/mol. The molecule has 0 aliphatic heterocycles. The van der Waals surface area contributed by atoms with Gasteiger partial charge in [0.15, 0.2) is 0 Å². The van der Waals surface area contributed by atoms with Gasteiger partial charge in [-0.05, 0) is 67.5 Å². The molecule has 2 rings (SSSR count). The maximum Gasteiger partial charge on any atom is 0.343 e. The van der Waals surface area contributed by atoms with Gasteiger partial charge < -0.3 is 9.47 Å². The van der Waals surface area contributed by atoms with Crippen LogP contribution in [0.5, 0.6) is 5.75 Å². The number of carbonyl (C=O) groups is 1. The maximum absolute atomic E-state index is 12.6. The minimum atomic E-state index is -0.323. The molecule has 0 heterocycles. The van der Waals surface area contributed by atoms with E-state index in [4.69, 9.17) is 9.47 Å². The van der Waals surface area contributed by atoms with Crippen molar-refractivity contribution in [2.24, 2.45) is 0 Å². The highest BCUT2D eigenvalue weighted by Gasteiger charge is 2.13. The van der Waals surface area contributed by atoms with E-state index in [0.29, 0.717) is 17.2 Å². The van der Waals surface area contributed by atoms with Gasteiger partial charge in [-0.15, -0.1) is 0 Å². The van der Waals surface area contributed by atoms with Gasteiger partial charge in [0.05, 0.1) is 11.7 Å². The first-order valence-electron chi connectivity index (χ1n) is 16.6. The van der Waals surface area contributed by atoms with Gasteiger partial charge in [-0.2, -0.15) is 0 Å². The van der Waals surface area contributed by atoms with Crippen LogP contribution >= 0.6 is 0 Å². The van der Waals surface area contributed by atoms with Crippen LogP contribution in [0.1, 0.15) is 170 Å². The number of unbranched alkanes of at least 4 members (excludes halogenated alkanes) is 13. The normalized spacial score (nSPS) is 12.8. The Labute approximate surface area is 246 Å². The Kier molecular flexibility index (Phi) is 18.4. The zero-order valence-corrected chi connectivity index (χ0v) is 26.2. The van der Waals surface area contributed by atoms with Crippen molar-refractivity contribution in [1.82, 2.24) is 0 Å². The molecule has 0 saturated carbocycles. The maximum atomic E-state index is 12.6. The van der Waals surface area contributed by atoms with Crippen molar-refractivity contribution in [3.05, 3.63) is 65.2 Å². The predicted octanol–water partition coefficient (Wildman–Crippen LogP) is 11.8. The largest absolute Gasteiger partial charge is 0.423 e. The zero-order valence-electron chi connectivity index (χ0n) is 26.2. The lowest BCUT2D eigenvalue weighted by atomic mass is 9.92. The first kappa shape index (κ1) is 34.1. The smallest absolute Gasteiger partial charge is 0.343 e. The number of ether oxygens (including phenoxy) is 2. The van der Waals surface area contributed by atoms with E-state index in [1.807, 2.05) is 36.4 Å². The molecule has 0 spiro atoms. The summed E-state index contributed by atoms with van der Waals surface area (Å²) >= 11 is 0. The molecule has 0 aliphatic rings. The summed E-state index contributed by atoms with van der Waals surface area (Å²) in [5.41, 5.74) is 2.97. The molecule has 0 fully saturated rings. The Morgan fingerprint density at radius 1 is 0.625 bits per heavy atom. The van der Waals surface area contributed by atoms with Crippen molar-refractivity contribution in [3.63, 3.8) is 0 Å². The fraction of sp³-hybridized carbons (Fsp3) is 0.649. The Morgan fingerprint density at radius 2 is 1.12 bits per heavy atom. The van der Waals surface area contributed by atoms with Gasteiger partial charge in [0.1, 0.15) is 5.75 Å². The highest BCUT2D eigenvalue weighted by Crippen LogP contribution is 2.27. The van der Waals surface area contributed by atoms with Crippen molar-refractivity contribution in [2.45, 2.75) is 149 Å². The van der Waals surface area contributed by atoms with Gasteiger partial charge in [0.25, 0.3) is 0 Å². The van der Waals surface area contributed by atoms with Crippen LogP contribution in [0.15, 0.2) is 48.5 Å². The second kappa shape index (κ2) is 21.6. The van der Waals surface area contributed by atoms with Crippen molar-refractivity contribution in [3.8, 4) is 5.75 Å². The summed E-state index contributed by atoms with van der Waals surface area (Å²) in [5, 5.41) is 0. The summed E-state index contributed by atoms with van der Waals surface area (Å²) in [7, 11) is 0. The van der Waals surface area contributed by atoms with Crippen molar-refractivity contribution >= 4 is 5.97 Å². The lowest BCUT2D eigenvalue weighted by molar-refractivity contribution is 0.0626. The van der Waals surface area contributed by atoms with Crippen LogP contribution in [-0.2, 0) is 4.74 Å². The second-order valence-electron chi connectivity index (χ2n) is 11.6. The van der Waals surface area contributed by atoms with Crippen LogP contribution in [-0.4, -0.2) is 12.6 Å². The SMILES string of the molecule is CCCCCCCCCCCCCCCCOC(C)c1ccc(C(=O)Oc2ccc(C(CC)CCC)cc2)cc1. The van der Waals surface area contributed by atoms with Crippen LogP contribution in [0.4, 0.5) is 0 Å². The average molecular weight is 551 g/mol. The molecule has 0 bridgehead atoms. The number of hydrogen-bond donors (Lipinski definition) is 0. The molecule has 2 aromatic carbocycles. The molecule has 2 unspecified atom stereocenters. The van der Waals surface area contributed by atoms with E-state index in [1.54, 1.807) is 0 Å². The summed E-state index contributed by atoms with van der Waals surface area (Å²) in [4.78, 5) is 12.6. The summed E-state index contributed by atoms with van der Waals surface area (Å²) in [6, 6.07) is 15.6. The molecular formula is C37H58O3. The minimum absolute atomic E-state index is 0.0224. The molecule has 0 amide bonds. The highest BCUT2D eigenvalue weighted by atomic mass is 16.5. The van der Waals surface area contributed by atoms with E-state index < -0.39 is 0 Å². The number of benzene rings is 2. The number of carbonyl (C=O) groups excluding carboxylic acids is 1. The Balaban J connectivity index is 1.56. The quantitative estimate of drug-likeness (QED) is 0.0784. The lowest BCUT2D eigenvalue weighted by Gasteiger charge is -2.15. The molecule has 40 heavy (non-hydrogen) atoms. The fourth-order valence-corrected chi connectivity index (χ4v) is 5.47. The third-order valence-electron chi connectivity index (χ3n) is 8.17. The van der Waals surface area contributed by atoms with Crippen LogP contribution < -0.4 is 4.74 Å². The number of esters is 1. The van der Waals surface area contributed by atoms with Crippen molar-refractivity contribution in [2.75, 3.05) is 6.61 Å². The molecule has 0 radical (unpaired) electrons. The van der Waals surface area contributed by atoms with E-state index in [0.717, 1.165) is 25.0 Å². The summed E-state index contributed by atoms with van der Waals surface area (Å²) in [5.74, 6) is 0.839. The molecule has 0 saturated heterocycles. The van der Waals surface area contributed by atoms with Gasteiger partial charge in [-0.25, -0.2) is 4.79 Å². The van der Waals surface area contributed by atoms with Crippen LogP contribution in [0.3, 0.4) is 0 Å². The third-order valence-corrected chi connectivity index (χ3v) is 8.17. The van der Waals surface area contributed by atoms with Gasteiger partial charge in [-0.1, -0.05) is 135 Å². The van der Waals surface area contributed by atoms with Gasteiger partial charge in [0.2, 0.25) is 0 Å². The molecular weight excluding hydrogens is 492 g/mol. The van der Waals surface area contributed by atoms with Crippen LogP contribution in [0, 0.1) is 0 Å². The fourth-order valence-electron chi connectivity index (χ4n) is 5.47. The Morgan fingerprint density at radius 3 is 1.62 bits per heavy atom. The lowest BCUT2D eigenvalue weighted by Crippen LogP contribution is -2.09. The number of hydrogen-bond acceptors (Lipinski definition) is 3. The molecule has 3 nitrogen and oxygen atoms in total. The molecule has 2 aromatic rings. The summed E-state index contributed by atoms with van der Waals surface area (Å²) < 4.78 is 11.7. The van der Waals surface area contributed by atoms with E-state index in [9.17, 15) is 4.79 Å². The standard InChI is InChI=1S/C37H58O3/c1-5-8-9-10-11-12-13-14-15-16-17-18-19-20-30-39-31(4)33-22-24-35(25-23-33)37(38)40-36-28-26-34(27-29-36)32(7-3)21-6-2/h22-29,31-32H,5-21,30H2,1-4H3.